The molecule has 1 aliphatic heterocycles. The number of amides is 1. The fraction of sp³-hybridized carbons (Fsp3) is 0.500. The first-order chi connectivity index (χ1) is 12.6. The Morgan fingerprint density at radius 1 is 1.31 bits per heavy atom. The molecule has 1 aliphatic rings. The van der Waals surface area contributed by atoms with Crippen LogP contribution in [0.25, 0.3) is 0 Å². The van der Waals surface area contributed by atoms with Gasteiger partial charge in [0.25, 0.3) is 0 Å². The van der Waals surface area contributed by atoms with Gasteiger partial charge in [-0.1, -0.05) is 18.2 Å². The summed E-state index contributed by atoms with van der Waals surface area (Å²) in [5, 5.41) is 7.94. The molecule has 2 heterocycles. The monoisotopic (exact) mass is 356 g/mol. The van der Waals surface area contributed by atoms with Crippen LogP contribution in [0.2, 0.25) is 0 Å². The molecule has 140 valence electrons. The summed E-state index contributed by atoms with van der Waals surface area (Å²) in [6.45, 7) is 3.68. The standard InChI is InChI=1S/C20H28N4O2/c1-16(13-17-14-21-23(2)15-17)22-18-7-6-11-24(12-10-18)20(25)26-19-8-4-3-5-9-19/h3-5,8-9,14-16,18,22H,6-7,10-13H2,1-2H3. The summed E-state index contributed by atoms with van der Waals surface area (Å²) in [6.07, 6.45) is 7.71. The topological polar surface area (TPSA) is 59.4 Å². The van der Waals surface area contributed by atoms with Gasteiger partial charge in [-0.2, -0.15) is 5.10 Å². The summed E-state index contributed by atoms with van der Waals surface area (Å²) in [5.41, 5.74) is 1.24. The van der Waals surface area contributed by atoms with E-state index in [1.54, 1.807) is 12.1 Å². The van der Waals surface area contributed by atoms with Gasteiger partial charge in [-0.25, -0.2) is 4.79 Å². The molecule has 0 aliphatic carbocycles. The lowest BCUT2D eigenvalue weighted by atomic mass is 10.1. The summed E-state index contributed by atoms with van der Waals surface area (Å²) in [4.78, 5) is 14.2. The van der Waals surface area contributed by atoms with Crippen LogP contribution < -0.4 is 10.1 Å². The molecule has 2 unspecified atom stereocenters. The fourth-order valence-electron chi connectivity index (χ4n) is 3.49. The van der Waals surface area contributed by atoms with Crippen molar-refractivity contribution in [2.24, 2.45) is 7.05 Å². The highest BCUT2D eigenvalue weighted by Crippen LogP contribution is 2.16. The van der Waals surface area contributed by atoms with Crippen LogP contribution in [0.1, 0.15) is 31.7 Å². The molecule has 1 aromatic carbocycles. The van der Waals surface area contributed by atoms with Crippen molar-refractivity contribution in [2.75, 3.05) is 13.1 Å². The van der Waals surface area contributed by atoms with Crippen molar-refractivity contribution in [1.82, 2.24) is 20.0 Å². The van der Waals surface area contributed by atoms with Crippen molar-refractivity contribution in [3.05, 3.63) is 48.3 Å². The van der Waals surface area contributed by atoms with Gasteiger partial charge >= 0.3 is 6.09 Å². The number of nitrogens with zero attached hydrogens (tertiary/aromatic N) is 3. The Morgan fingerprint density at radius 3 is 2.85 bits per heavy atom. The second kappa shape index (κ2) is 8.85. The SMILES string of the molecule is CC(Cc1cnn(C)c1)NC1CCCN(C(=O)Oc2ccccc2)CC1. The number of ether oxygens (including phenoxy) is 1. The molecule has 1 aromatic heterocycles. The van der Waals surface area contributed by atoms with Gasteiger partial charge in [0, 0.05) is 38.4 Å². The van der Waals surface area contributed by atoms with Crippen LogP contribution >= 0.6 is 0 Å². The minimum atomic E-state index is -0.250. The first kappa shape index (κ1) is 18.5. The molecule has 3 rings (SSSR count). The Balaban J connectivity index is 1.46. The molecule has 2 aromatic rings. The molecule has 0 saturated carbocycles. The van der Waals surface area contributed by atoms with Crippen molar-refractivity contribution >= 4 is 6.09 Å². The Kier molecular flexibility index (Phi) is 6.28. The molecule has 1 saturated heterocycles. The molecule has 6 heteroatoms. The van der Waals surface area contributed by atoms with Crippen molar-refractivity contribution in [3.8, 4) is 5.75 Å². The highest BCUT2D eigenvalue weighted by Gasteiger charge is 2.23. The number of benzene rings is 1. The summed E-state index contributed by atoms with van der Waals surface area (Å²) >= 11 is 0. The van der Waals surface area contributed by atoms with Gasteiger partial charge in [-0.15, -0.1) is 0 Å². The molecule has 6 nitrogen and oxygen atoms in total. The second-order valence-corrected chi connectivity index (χ2v) is 7.09. The van der Waals surface area contributed by atoms with Gasteiger partial charge in [0.15, 0.2) is 0 Å². The first-order valence-electron chi connectivity index (χ1n) is 9.35. The number of aryl methyl sites for hydroxylation is 1. The minimum absolute atomic E-state index is 0.250. The Morgan fingerprint density at radius 2 is 2.12 bits per heavy atom. The van der Waals surface area contributed by atoms with E-state index in [-0.39, 0.29) is 6.09 Å². The number of rotatable bonds is 5. The lowest BCUT2D eigenvalue weighted by Gasteiger charge is -2.22. The van der Waals surface area contributed by atoms with E-state index in [1.807, 2.05) is 41.0 Å². The van der Waals surface area contributed by atoms with E-state index < -0.39 is 0 Å². The number of hydrogen-bond acceptors (Lipinski definition) is 4. The average Bonchev–Trinajstić information content (AvgIpc) is 2.89. The molecule has 1 fully saturated rings. The van der Waals surface area contributed by atoms with Crippen LogP contribution in [0.5, 0.6) is 5.75 Å². The Bertz CT molecular complexity index is 701. The summed E-state index contributed by atoms with van der Waals surface area (Å²) in [6, 6.07) is 10.1. The van der Waals surface area contributed by atoms with Crippen LogP contribution in [0, 0.1) is 0 Å². The van der Waals surface area contributed by atoms with Gasteiger partial charge in [-0.05, 0) is 50.3 Å². The van der Waals surface area contributed by atoms with Crippen molar-refractivity contribution < 1.29 is 9.53 Å². The smallest absolute Gasteiger partial charge is 0.410 e. The van der Waals surface area contributed by atoms with Crippen molar-refractivity contribution in [3.63, 3.8) is 0 Å². The van der Waals surface area contributed by atoms with E-state index in [0.717, 1.165) is 38.8 Å². The second-order valence-electron chi connectivity index (χ2n) is 7.09. The zero-order chi connectivity index (χ0) is 18.4. The summed E-state index contributed by atoms with van der Waals surface area (Å²) < 4.78 is 7.30. The maximum absolute atomic E-state index is 12.4. The van der Waals surface area contributed by atoms with E-state index >= 15 is 0 Å². The lowest BCUT2D eigenvalue weighted by Crippen LogP contribution is -2.39. The van der Waals surface area contributed by atoms with Crippen LogP contribution in [-0.4, -0.2) is 45.9 Å². The maximum atomic E-state index is 12.4. The zero-order valence-electron chi connectivity index (χ0n) is 15.6. The highest BCUT2D eigenvalue weighted by atomic mass is 16.6. The van der Waals surface area contributed by atoms with Gasteiger partial charge in [0.1, 0.15) is 5.75 Å². The third-order valence-corrected chi connectivity index (χ3v) is 4.76. The van der Waals surface area contributed by atoms with Gasteiger partial charge in [-0.3, -0.25) is 4.68 Å². The molecular formula is C20H28N4O2. The number of para-hydroxylation sites is 1. The third kappa shape index (κ3) is 5.33. The van der Waals surface area contributed by atoms with Gasteiger partial charge in [0.2, 0.25) is 0 Å². The van der Waals surface area contributed by atoms with Crippen molar-refractivity contribution in [1.29, 1.82) is 0 Å². The Labute approximate surface area is 155 Å². The molecule has 2 atom stereocenters. The highest BCUT2D eigenvalue weighted by molar-refractivity contribution is 5.70. The molecule has 1 N–H and O–H groups in total. The van der Waals surface area contributed by atoms with E-state index in [4.69, 9.17) is 4.74 Å². The van der Waals surface area contributed by atoms with Crippen LogP contribution in [-0.2, 0) is 13.5 Å². The van der Waals surface area contributed by atoms with Crippen LogP contribution in [0.15, 0.2) is 42.7 Å². The van der Waals surface area contributed by atoms with E-state index in [2.05, 4.69) is 23.5 Å². The number of aromatic nitrogens is 2. The van der Waals surface area contributed by atoms with Gasteiger partial charge < -0.3 is 15.0 Å². The maximum Gasteiger partial charge on any atom is 0.415 e. The largest absolute Gasteiger partial charge is 0.415 e. The summed E-state index contributed by atoms with van der Waals surface area (Å²) in [5.74, 6) is 0.599. The number of carbonyl (C=O) groups excluding carboxylic acids is 1. The fourth-order valence-corrected chi connectivity index (χ4v) is 3.49. The van der Waals surface area contributed by atoms with E-state index in [9.17, 15) is 4.79 Å². The number of hydrogen-bond donors (Lipinski definition) is 1. The molecule has 0 radical (unpaired) electrons. The quantitative estimate of drug-likeness (QED) is 0.895. The zero-order valence-corrected chi connectivity index (χ0v) is 15.6. The number of nitrogens with one attached hydrogen (secondary N) is 1. The molecule has 0 bridgehead atoms. The Hall–Kier alpha value is -2.34. The first-order valence-corrected chi connectivity index (χ1v) is 9.35. The molecular weight excluding hydrogens is 328 g/mol. The van der Waals surface area contributed by atoms with Crippen LogP contribution in [0.4, 0.5) is 4.79 Å². The van der Waals surface area contributed by atoms with Crippen LogP contribution in [0.3, 0.4) is 0 Å². The average molecular weight is 356 g/mol. The number of likely N-dealkylation sites (tertiary alicyclic amines) is 1. The summed E-state index contributed by atoms with van der Waals surface area (Å²) in [7, 11) is 1.94. The predicted molar refractivity (Wildman–Crippen MR) is 101 cm³/mol. The lowest BCUT2D eigenvalue weighted by molar-refractivity contribution is 0.153. The number of carbonyl (C=O) groups is 1. The van der Waals surface area contributed by atoms with Crippen molar-refractivity contribution in [2.45, 2.75) is 44.7 Å². The van der Waals surface area contributed by atoms with Gasteiger partial charge in [0.05, 0.1) is 6.20 Å². The van der Waals surface area contributed by atoms with E-state index in [1.165, 1.54) is 5.56 Å². The normalized spacial score (nSPS) is 19.0. The molecule has 0 spiro atoms. The minimum Gasteiger partial charge on any atom is -0.410 e. The third-order valence-electron chi connectivity index (χ3n) is 4.76. The molecule has 26 heavy (non-hydrogen) atoms. The predicted octanol–water partition coefficient (Wildman–Crippen LogP) is 2.99. The molecule has 1 amide bonds. The van der Waals surface area contributed by atoms with E-state index in [0.29, 0.717) is 17.8 Å².